The zero-order valence-electron chi connectivity index (χ0n) is 27.1. The van der Waals surface area contributed by atoms with Gasteiger partial charge in [-0.2, -0.15) is 5.10 Å². The second-order valence-electron chi connectivity index (χ2n) is 12.7. The summed E-state index contributed by atoms with van der Waals surface area (Å²) in [6.07, 6.45) is 1.42. The number of methoxy groups -OCH3 is 1. The number of hydrogen-bond donors (Lipinski definition) is 3. The molecule has 0 saturated carbocycles. The first-order valence-electron chi connectivity index (χ1n) is 16.0. The lowest BCUT2D eigenvalue weighted by Crippen LogP contribution is -2.58. The summed E-state index contributed by atoms with van der Waals surface area (Å²) in [5.41, 5.74) is 0.604. The SMILES string of the molecule is COCCCC1(C(=O)NCC(C)(C)N2CCOCC2)CNC(=O)c2c3ccccc3nn2CCNC(=O)COc2cccc(c2)C1. The Morgan fingerprint density at radius 1 is 1.09 bits per heavy atom. The van der Waals surface area contributed by atoms with Crippen LogP contribution in [-0.4, -0.2) is 104 Å². The lowest BCUT2D eigenvalue weighted by molar-refractivity contribution is -0.132. The van der Waals surface area contributed by atoms with Crippen molar-refractivity contribution >= 4 is 28.6 Å². The molecule has 1 atom stereocenters. The molecule has 1 saturated heterocycles. The number of morpholine rings is 1. The third-order valence-electron chi connectivity index (χ3n) is 8.94. The predicted octanol–water partition coefficient (Wildman–Crippen LogP) is 2.16. The number of ether oxygens (including phenoxy) is 3. The van der Waals surface area contributed by atoms with Gasteiger partial charge in [-0.25, -0.2) is 0 Å². The van der Waals surface area contributed by atoms with Gasteiger partial charge in [0, 0.05) is 57.4 Å². The monoisotopic (exact) mass is 634 g/mol. The van der Waals surface area contributed by atoms with Crippen molar-refractivity contribution in [1.82, 2.24) is 30.6 Å². The van der Waals surface area contributed by atoms with E-state index in [-0.39, 0.29) is 49.5 Å². The van der Waals surface area contributed by atoms with Crippen LogP contribution in [0.1, 0.15) is 42.7 Å². The Balaban J connectivity index is 1.50. The predicted molar refractivity (Wildman–Crippen MR) is 174 cm³/mol. The lowest BCUT2D eigenvalue weighted by atomic mass is 9.76. The van der Waals surface area contributed by atoms with Crippen molar-refractivity contribution in [3.63, 3.8) is 0 Å². The molecular formula is C34H46N6O6. The highest BCUT2D eigenvalue weighted by molar-refractivity contribution is 6.05. The Morgan fingerprint density at radius 3 is 2.70 bits per heavy atom. The van der Waals surface area contributed by atoms with E-state index in [1.165, 1.54) is 0 Å². The van der Waals surface area contributed by atoms with Crippen LogP contribution in [0.4, 0.5) is 0 Å². The summed E-state index contributed by atoms with van der Waals surface area (Å²) in [6.45, 7) is 8.56. The van der Waals surface area contributed by atoms with E-state index in [0.717, 1.165) is 18.7 Å². The minimum Gasteiger partial charge on any atom is -0.484 e. The topological polar surface area (TPSA) is 136 Å². The summed E-state index contributed by atoms with van der Waals surface area (Å²) >= 11 is 0. The maximum absolute atomic E-state index is 14.5. The molecule has 0 spiro atoms. The maximum Gasteiger partial charge on any atom is 0.270 e. The number of carbonyl (C=O) groups excluding carboxylic acids is 3. The van der Waals surface area contributed by atoms with Crippen LogP contribution in [-0.2, 0) is 32.0 Å². The van der Waals surface area contributed by atoms with E-state index in [9.17, 15) is 14.4 Å². The summed E-state index contributed by atoms with van der Waals surface area (Å²) < 4.78 is 18.4. The van der Waals surface area contributed by atoms with Gasteiger partial charge in [0.1, 0.15) is 11.4 Å². The molecule has 12 nitrogen and oxygen atoms in total. The zero-order chi connectivity index (χ0) is 32.6. The quantitative estimate of drug-likeness (QED) is 0.321. The minimum absolute atomic E-state index is 0.0979. The number of fused-ring (bicyclic) bond motifs is 5. The average Bonchev–Trinajstić information content (AvgIpc) is 3.43. The van der Waals surface area contributed by atoms with E-state index in [1.807, 2.05) is 42.5 Å². The van der Waals surface area contributed by atoms with Crippen molar-refractivity contribution in [2.45, 2.75) is 45.2 Å². The second kappa shape index (κ2) is 15.1. The van der Waals surface area contributed by atoms with Crippen molar-refractivity contribution < 1.29 is 28.6 Å². The maximum atomic E-state index is 14.5. The highest BCUT2D eigenvalue weighted by Gasteiger charge is 2.40. The van der Waals surface area contributed by atoms with E-state index < -0.39 is 5.41 Å². The summed E-state index contributed by atoms with van der Waals surface area (Å²) in [4.78, 5) is 43.4. The van der Waals surface area contributed by atoms with E-state index >= 15 is 0 Å². The highest BCUT2D eigenvalue weighted by atomic mass is 16.5. The minimum atomic E-state index is -1.01. The molecule has 1 unspecified atom stereocenters. The first-order valence-corrected chi connectivity index (χ1v) is 16.0. The van der Waals surface area contributed by atoms with Gasteiger partial charge in [-0.1, -0.05) is 30.3 Å². The normalized spacial score (nSPS) is 20.3. The van der Waals surface area contributed by atoms with Crippen LogP contribution in [0, 0.1) is 5.41 Å². The van der Waals surface area contributed by atoms with E-state index in [1.54, 1.807) is 17.9 Å². The number of carbonyl (C=O) groups is 3. The van der Waals surface area contributed by atoms with E-state index in [4.69, 9.17) is 14.2 Å². The van der Waals surface area contributed by atoms with Crippen LogP contribution < -0.4 is 20.7 Å². The molecule has 3 amide bonds. The fraction of sp³-hybridized carbons (Fsp3) is 0.529. The summed E-state index contributed by atoms with van der Waals surface area (Å²) in [6, 6.07) is 14.9. The van der Waals surface area contributed by atoms with E-state index in [2.05, 4.69) is 39.8 Å². The van der Waals surface area contributed by atoms with Crippen LogP contribution in [0.25, 0.3) is 10.9 Å². The fourth-order valence-electron chi connectivity index (χ4n) is 6.28. The molecule has 2 aliphatic rings. The molecule has 1 fully saturated rings. The average molecular weight is 635 g/mol. The molecule has 0 radical (unpaired) electrons. The van der Waals surface area contributed by atoms with Gasteiger partial charge >= 0.3 is 0 Å². The molecule has 5 rings (SSSR count). The smallest absolute Gasteiger partial charge is 0.270 e. The van der Waals surface area contributed by atoms with Crippen molar-refractivity contribution in [2.24, 2.45) is 5.41 Å². The molecule has 248 valence electrons. The van der Waals surface area contributed by atoms with Gasteiger partial charge in [0.25, 0.3) is 11.8 Å². The van der Waals surface area contributed by atoms with Gasteiger partial charge in [-0.05, 0) is 56.9 Å². The molecule has 3 heterocycles. The van der Waals surface area contributed by atoms with E-state index in [0.29, 0.717) is 68.0 Å². The lowest BCUT2D eigenvalue weighted by Gasteiger charge is -2.42. The zero-order valence-corrected chi connectivity index (χ0v) is 27.1. The number of nitrogens with one attached hydrogen (secondary N) is 3. The molecule has 2 bridgehead atoms. The molecule has 1 aromatic heterocycles. The number of hydrogen-bond acceptors (Lipinski definition) is 8. The third-order valence-corrected chi connectivity index (χ3v) is 8.94. The molecule has 46 heavy (non-hydrogen) atoms. The molecule has 2 aromatic carbocycles. The fourth-order valence-corrected chi connectivity index (χ4v) is 6.28. The van der Waals surface area contributed by atoms with Crippen molar-refractivity contribution in [3.8, 4) is 5.75 Å². The summed E-state index contributed by atoms with van der Waals surface area (Å²) in [5, 5.41) is 14.6. The van der Waals surface area contributed by atoms with Gasteiger partial charge in [0.05, 0.1) is 30.7 Å². The van der Waals surface area contributed by atoms with Crippen molar-refractivity contribution in [2.75, 3.05) is 66.3 Å². The number of amides is 3. The number of rotatable bonds is 8. The Labute approximate surface area is 270 Å². The van der Waals surface area contributed by atoms with Crippen LogP contribution in [0.3, 0.4) is 0 Å². The van der Waals surface area contributed by atoms with Crippen LogP contribution in [0.2, 0.25) is 0 Å². The molecule has 2 aliphatic heterocycles. The van der Waals surface area contributed by atoms with Crippen LogP contribution >= 0.6 is 0 Å². The molecule has 12 heteroatoms. The van der Waals surface area contributed by atoms with Crippen LogP contribution in [0.5, 0.6) is 5.75 Å². The number of aromatic nitrogens is 2. The molecule has 3 N–H and O–H groups in total. The Bertz CT molecular complexity index is 1520. The van der Waals surface area contributed by atoms with Gasteiger partial charge in [-0.3, -0.25) is 24.0 Å². The molecule has 3 aromatic rings. The van der Waals surface area contributed by atoms with Crippen LogP contribution in [0.15, 0.2) is 48.5 Å². The van der Waals surface area contributed by atoms with Gasteiger partial charge in [-0.15, -0.1) is 0 Å². The largest absolute Gasteiger partial charge is 0.484 e. The Kier molecular flexibility index (Phi) is 10.9. The van der Waals surface area contributed by atoms with Gasteiger partial charge in [0.15, 0.2) is 6.61 Å². The molecular weight excluding hydrogens is 588 g/mol. The van der Waals surface area contributed by atoms with Crippen molar-refractivity contribution in [3.05, 3.63) is 59.8 Å². The van der Waals surface area contributed by atoms with Gasteiger partial charge in [0.2, 0.25) is 5.91 Å². The van der Waals surface area contributed by atoms with Gasteiger partial charge < -0.3 is 30.2 Å². The van der Waals surface area contributed by atoms with Crippen molar-refractivity contribution in [1.29, 1.82) is 0 Å². The Hall–Kier alpha value is -4.00. The third kappa shape index (κ3) is 8.04. The number of nitrogens with zero attached hydrogens (tertiary/aromatic N) is 3. The second-order valence-corrected chi connectivity index (χ2v) is 12.7. The first kappa shape index (κ1) is 33.4. The number of benzene rings is 2. The molecule has 0 aliphatic carbocycles. The highest BCUT2D eigenvalue weighted by Crippen LogP contribution is 2.32. The summed E-state index contributed by atoms with van der Waals surface area (Å²) in [7, 11) is 1.64. The Morgan fingerprint density at radius 2 is 1.89 bits per heavy atom. The summed E-state index contributed by atoms with van der Waals surface area (Å²) in [5.74, 6) is -0.224. The standard InChI is InChI=1S/C34H46N6O6/c1-33(2,39-15-18-45-19-16-39)23-37-32(43)34(12-7-17-44-3)21-25-8-6-9-26(20-25)46-22-29(41)35-13-14-40-30(31(42)36-24-34)27-10-4-5-11-28(27)38-40/h4-6,8-11,20H,7,12-19,21-24H2,1-3H3,(H,35,41)(H,36,42)(H,37,43). The first-order chi connectivity index (χ1) is 22.2.